The van der Waals surface area contributed by atoms with E-state index in [9.17, 15) is 23.0 Å². The van der Waals surface area contributed by atoms with Crippen molar-refractivity contribution < 1.29 is 32.1 Å². The Morgan fingerprint density at radius 3 is 2.08 bits per heavy atom. The van der Waals surface area contributed by atoms with Crippen LogP contribution in [0.4, 0.5) is 4.39 Å². The summed E-state index contributed by atoms with van der Waals surface area (Å²) in [6.45, 7) is 26.1. The highest BCUT2D eigenvalue weighted by atomic mass is 35.5. The molecule has 11 heteroatoms. The van der Waals surface area contributed by atoms with Gasteiger partial charge in [0.1, 0.15) is 32.7 Å². The van der Waals surface area contributed by atoms with Gasteiger partial charge in [0, 0.05) is 28.7 Å². The van der Waals surface area contributed by atoms with Gasteiger partial charge in [-0.25, -0.2) is 18.4 Å². The van der Waals surface area contributed by atoms with Crippen LogP contribution in [-0.2, 0) is 30.5 Å². The number of ether oxygens (including phenoxy) is 1. The molecule has 1 aliphatic heterocycles. The number of rotatable bonds is 11. The lowest BCUT2D eigenvalue weighted by molar-refractivity contribution is -0.146. The first-order valence-corrected chi connectivity index (χ1v) is 19.5. The third-order valence-corrected chi connectivity index (χ3v) is 11.4. The van der Waals surface area contributed by atoms with Gasteiger partial charge in [-0.1, -0.05) is 106 Å². The zero-order chi connectivity index (χ0) is 39.9. The number of halogens is 2. The molecular weight excluding hydrogens is 703 g/mol. The maximum atomic E-state index is 14.1. The molecule has 0 amide bonds. The largest absolute Gasteiger partial charge is 0.467 e. The van der Waals surface area contributed by atoms with Gasteiger partial charge in [-0.05, 0) is 62.1 Å². The van der Waals surface area contributed by atoms with Crippen molar-refractivity contribution in [3.05, 3.63) is 63.1 Å². The van der Waals surface area contributed by atoms with Crippen LogP contribution in [-0.4, -0.2) is 38.7 Å². The molecule has 0 fully saturated rings. The second-order valence-corrected chi connectivity index (χ2v) is 17.4. The van der Waals surface area contributed by atoms with Crippen molar-refractivity contribution in [2.45, 2.75) is 127 Å². The fourth-order valence-electron chi connectivity index (χ4n) is 5.65. The molecule has 288 valence electrons. The lowest BCUT2D eigenvalue weighted by atomic mass is 9.69. The molecule has 2 aromatic heterocycles. The summed E-state index contributed by atoms with van der Waals surface area (Å²) in [4.78, 5) is 40.4. The van der Waals surface area contributed by atoms with Gasteiger partial charge in [0.15, 0.2) is 11.3 Å². The minimum absolute atomic E-state index is 0.0105. The molecular formula is C41H58ClFN2O6S. The van der Waals surface area contributed by atoms with Crippen molar-refractivity contribution in [1.82, 2.24) is 10.3 Å². The Labute approximate surface area is 317 Å². The standard InChI is InChI=1S/C28H35ClFNO2.C9H13NO4S.C4H10/c1-9-12-28(7,8)17(3)16(2)25(32)24-15-23-26(33-24)19(27(4,5)6)14-22(31-23)18-10-11-20(29)21(30)13-18;1-5-6(15(13)7(5)11)10-9(2,3)8(12)14-4;1-3-4-2/h10-11,13-17H,9,12H2,1-8H3;10H,1-4H3;3-4H2,1-2H3. The van der Waals surface area contributed by atoms with Crippen molar-refractivity contribution in [1.29, 1.82) is 0 Å². The van der Waals surface area contributed by atoms with Crippen LogP contribution in [0.25, 0.3) is 22.4 Å². The van der Waals surface area contributed by atoms with E-state index in [2.05, 4.69) is 72.4 Å². The number of nitrogens with zero attached hydrogens (tertiary/aromatic N) is 1. The minimum Gasteiger partial charge on any atom is -0.467 e. The molecule has 1 N–H and O–H groups in total. The highest BCUT2D eigenvalue weighted by Gasteiger charge is 2.39. The molecule has 0 saturated carbocycles. The lowest BCUT2D eigenvalue weighted by Crippen LogP contribution is -2.50. The fraction of sp³-hybridized carbons (Fsp3) is 0.561. The molecule has 3 atom stereocenters. The predicted molar refractivity (Wildman–Crippen MR) is 210 cm³/mol. The first kappa shape index (κ1) is 44.8. The molecule has 0 spiro atoms. The van der Waals surface area contributed by atoms with E-state index in [1.165, 1.54) is 32.1 Å². The van der Waals surface area contributed by atoms with E-state index in [0.29, 0.717) is 38.7 Å². The number of benzene rings is 1. The summed E-state index contributed by atoms with van der Waals surface area (Å²) in [5.74, 6) is -0.637. The van der Waals surface area contributed by atoms with Crippen LogP contribution >= 0.6 is 11.6 Å². The fourth-order valence-corrected chi connectivity index (χ4v) is 6.90. The van der Waals surface area contributed by atoms with Gasteiger partial charge in [0.25, 0.3) is 5.12 Å². The highest BCUT2D eigenvalue weighted by Crippen LogP contribution is 2.40. The first-order valence-electron chi connectivity index (χ1n) is 18.0. The van der Waals surface area contributed by atoms with Gasteiger partial charge < -0.3 is 14.5 Å². The predicted octanol–water partition coefficient (Wildman–Crippen LogP) is 10.7. The molecule has 0 bridgehead atoms. The Hall–Kier alpha value is -3.37. The SMILES string of the molecule is CCCC.CCCC(C)(C)C(C)C(C)C(=O)c1cc2nc(-c3ccc(Cl)c(F)c3)cc(C(C)(C)C)c2o1.COC(=O)C(C)(C)NC1=C(C)C(=O)S1=O. The maximum Gasteiger partial charge on any atom is 0.330 e. The number of aromatic nitrogens is 1. The monoisotopic (exact) mass is 760 g/mol. The number of carbonyl (C=O) groups excluding carboxylic acids is 3. The maximum absolute atomic E-state index is 14.1. The Kier molecular flexibility index (Phi) is 15.6. The van der Waals surface area contributed by atoms with Gasteiger partial charge in [0.05, 0.1) is 17.8 Å². The Balaban J connectivity index is 0.000000408. The van der Waals surface area contributed by atoms with Gasteiger partial charge in [-0.15, -0.1) is 0 Å². The Bertz CT molecular complexity index is 1820. The molecule has 1 aromatic carbocycles. The molecule has 52 heavy (non-hydrogen) atoms. The third-order valence-electron chi connectivity index (χ3n) is 9.66. The summed E-state index contributed by atoms with van der Waals surface area (Å²) >= 11 is 5.86. The van der Waals surface area contributed by atoms with Crippen LogP contribution in [0, 0.1) is 23.1 Å². The smallest absolute Gasteiger partial charge is 0.330 e. The number of esters is 1. The number of unbranched alkanes of at least 4 members (excludes halogenated alkanes) is 1. The molecule has 3 aromatic rings. The third kappa shape index (κ3) is 10.6. The number of furan rings is 1. The van der Waals surface area contributed by atoms with Crippen LogP contribution in [0.2, 0.25) is 5.02 Å². The summed E-state index contributed by atoms with van der Waals surface area (Å²) in [6, 6.07) is 8.31. The zero-order valence-corrected chi connectivity index (χ0v) is 35.0. The summed E-state index contributed by atoms with van der Waals surface area (Å²) in [5.41, 5.74) is 2.59. The molecule has 8 nitrogen and oxygen atoms in total. The van der Waals surface area contributed by atoms with Crippen LogP contribution in [0.15, 0.2) is 45.4 Å². The van der Waals surface area contributed by atoms with Crippen LogP contribution in [0.1, 0.15) is 132 Å². The van der Waals surface area contributed by atoms with Crippen LogP contribution in [0.5, 0.6) is 0 Å². The van der Waals surface area contributed by atoms with Crippen molar-refractivity contribution in [2.24, 2.45) is 17.3 Å². The molecule has 4 rings (SSSR count). The average Bonchev–Trinajstić information content (AvgIpc) is 3.53. The lowest BCUT2D eigenvalue weighted by Gasteiger charge is -2.35. The minimum atomic E-state index is -1.65. The van der Waals surface area contributed by atoms with Crippen molar-refractivity contribution in [3.63, 3.8) is 0 Å². The molecule has 0 aliphatic carbocycles. The van der Waals surface area contributed by atoms with E-state index in [0.717, 1.165) is 18.4 Å². The van der Waals surface area contributed by atoms with Crippen LogP contribution < -0.4 is 5.32 Å². The van der Waals surface area contributed by atoms with Crippen molar-refractivity contribution in [2.75, 3.05) is 7.11 Å². The van der Waals surface area contributed by atoms with Gasteiger partial charge in [-0.2, -0.15) is 0 Å². The van der Waals surface area contributed by atoms with E-state index in [4.69, 9.17) is 21.0 Å². The summed E-state index contributed by atoms with van der Waals surface area (Å²) in [6.07, 6.45) is 4.78. The average molecular weight is 761 g/mol. The van der Waals surface area contributed by atoms with E-state index in [-0.39, 0.29) is 33.5 Å². The number of ketones is 1. The van der Waals surface area contributed by atoms with Gasteiger partial charge in [0.2, 0.25) is 5.78 Å². The van der Waals surface area contributed by atoms with Gasteiger partial charge in [-0.3, -0.25) is 9.59 Å². The number of carbonyl (C=O) groups is 3. The molecule has 0 saturated heterocycles. The quantitative estimate of drug-likeness (QED) is 0.152. The van der Waals surface area contributed by atoms with E-state index in [1.807, 2.05) is 13.0 Å². The number of pyridine rings is 1. The van der Waals surface area contributed by atoms with Crippen LogP contribution in [0.3, 0.4) is 0 Å². The zero-order valence-electron chi connectivity index (χ0n) is 33.4. The van der Waals surface area contributed by atoms with E-state index in [1.54, 1.807) is 32.9 Å². The molecule has 3 heterocycles. The molecule has 1 aliphatic rings. The first-order chi connectivity index (χ1) is 24.0. The molecule has 0 radical (unpaired) electrons. The topological polar surface area (TPSA) is 116 Å². The number of Topliss-reactive ketones (excluding diaryl/α,β-unsaturated/α-hetero) is 1. The number of nitrogens with one attached hydrogen (secondary N) is 1. The second-order valence-electron chi connectivity index (χ2n) is 15.7. The summed E-state index contributed by atoms with van der Waals surface area (Å²) in [5, 5.41) is 2.75. The Morgan fingerprint density at radius 1 is 1.00 bits per heavy atom. The van der Waals surface area contributed by atoms with Crippen molar-refractivity contribution >= 4 is 50.4 Å². The normalized spacial score (nSPS) is 15.8. The summed E-state index contributed by atoms with van der Waals surface area (Å²) in [7, 11) is -0.374. The van der Waals surface area contributed by atoms with E-state index >= 15 is 0 Å². The van der Waals surface area contributed by atoms with Gasteiger partial charge >= 0.3 is 5.97 Å². The number of hydrogen-bond donors (Lipinski definition) is 1. The molecule has 3 unspecified atom stereocenters. The van der Waals surface area contributed by atoms with E-state index < -0.39 is 33.2 Å². The summed E-state index contributed by atoms with van der Waals surface area (Å²) < 4.78 is 36.1. The Morgan fingerprint density at radius 2 is 1.60 bits per heavy atom. The van der Waals surface area contributed by atoms with Crippen molar-refractivity contribution in [3.8, 4) is 11.3 Å². The highest BCUT2D eigenvalue weighted by molar-refractivity contribution is 8.06. The second kappa shape index (κ2) is 18.1. The number of methoxy groups -OCH3 is 1. The number of fused-ring (bicyclic) bond motifs is 1. The number of hydrogen-bond acceptors (Lipinski definition) is 8.